The summed E-state index contributed by atoms with van der Waals surface area (Å²) in [7, 11) is 0. The fraction of sp³-hybridized carbons (Fsp3) is 0.500. The number of piperidine rings is 1. The first-order valence-electron chi connectivity index (χ1n) is 6.65. The summed E-state index contributed by atoms with van der Waals surface area (Å²) in [6.45, 7) is 1.77. The third-order valence-corrected chi connectivity index (χ3v) is 3.59. The zero-order chi connectivity index (χ0) is 12.4. The fourth-order valence-corrected chi connectivity index (χ4v) is 2.57. The Bertz CT molecular complexity index is 490. The molecule has 0 spiro atoms. The van der Waals surface area contributed by atoms with E-state index in [4.69, 9.17) is 0 Å². The number of aromatic nitrogens is 1. The minimum Gasteiger partial charge on any atom is -0.339 e. The first kappa shape index (κ1) is 11.4. The van der Waals surface area contributed by atoms with E-state index in [1.165, 1.54) is 6.42 Å². The van der Waals surface area contributed by atoms with Crippen LogP contribution >= 0.6 is 0 Å². The highest BCUT2D eigenvalue weighted by molar-refractivity contribution is 5.94. The lowest BCUT2D eigenvalue weighted by molar-refractivity contribution is 0.0724. The van der Waals surface area contributed by atoms with E-state index in [1.54, 1.807) is 6.20 Å². The summed E-state index contributed by atoms with van der Waals surface area (Å²) in [4.78, 5) is 22.8. The number of carbonyl (C=O) groups excluding carboxylic acids is 1. The Morgan fingerprint density at radius 1 is 1.22 bits per heavy atom. The molecule has 1 fully saturated rings. The Kier molecular flexibility index (Phi) is 3.09. The molecule has 0 aromatic carbocycles. The number of nitrogens with zero attached hydrogens (tertiary/aromatic N) is 3. The molecular formula is C14H17N3O. The normalized spacial score (nSPS) is 18.6. The highest BCUT2D eigenvalue weighted by Crippen LogP contribution is 2.23. The zero-order valence-corrected chi connectivity index (χ0v) is 10.4. The van der Waals surface area contributed by atoms with E-state index in [9.17, 15) is 4.79 Å². The monoisotopic (exact) mass is 243 g/mol. The molecule has 0 radical (unpaired) electrons. The molecule has 2 aliphatic heterocycles. The summed E-state index contributed by atoms with van der Waals surface area (Å²) in [5.41, 5.74) is 1.81. The number of fused-ring (bicyclic) bond motifs is 1. The SMILES string of the molecule is O=C(c1cnc2c(c1)CCC=N2)N1CCCCC1. The molecule has 1 saturated heterocycles. The van der Waals surface area contributed by atoms with E-state index in [2.05, 4.69) is 9.98 Å². The number of carbonyl (C=O) groups is 1. The Balaban J connectivity index is 1.83. The molecule has 4 nitrogen and oxygen atoms in total. The maximum Gasteiger partial charge on any atom is 0.255 e. The number of aryl methyl sites for hydroxylation is 1. The van der Waals surface area contributed by atoms with Crippen molar-refractivity contribution in [2.24, 2.45) is 4.99 Å². The molecule has 2 aliphatic rings. The molecule has 0 aliphatic carbocycles. The first-order chi connectivity index (χ1) is 8.84. The number of likely N-dealkylation sites (tertiary alicyclic amines) is 1. The largest absolute Gasteiger partial charge is 0.339 e. The Morgan fingerprint density at radius 2 is 2.06 bits per heavy atom. The molecule has 0 unspecified atom stereocenters. The molecular weight excluding hydrogens is 226 g/mol. The Morgan fingerprint density at radius 3 is 2.89 bits per heavy atom. The predicted molar refractivity (Wildman–Crippen MR) is 70.5 cm³/mol. The molecule has 4 heteroatoms. The van der Waals surface area contributed by atoms with Gasteiger partial charge in [-0.3, -0.25) is 4.79 Å². The molecule has 18 heavy (non-hydrogen) atoms. The Hall–Kier alpha value is -1.71. The average Bonchev–Trinajstić information content (AvgIpc) is 2.47. The van der Waals surface area contributed by atoms with Crippen LogP contribution in [0.4, 0.5) is 5.82 Å². The molecule has 0 bridgehead atoms. The van der Waals surface area contributed by atoms with Crippen LogP contribution in [-0.2, 0) is 6.42 Å². The van der Waals surface area contributed by atoms with Gasteiger partial charge in [-0.05, 0) is 43.7 Å². The van der Waals surface area contributed by atoms with Crippen molar-refractivity contribution in [3.8, 4) is 0 Å². The third-order valence-electron chi connectivity index (χ3n) is 3.59. The van der Waals surface area contributed by atoms with Crippen molar-refractivity contribution in [1.82, 2.24) is 9.88 Å². The number of hydrogen-bond donors (Lipinski definition) is 0. The standard InChI is InChI=1S/C14H17N3O/c18-14(17-7-2-1-3-8-17)12-9-11-5-4-6-15-13(11)16-10-12/h6,9-10H,1-5,7-8H2. The van der Waals surface area contributed by atoms with Gasteiger partial charge in [0, 0.05) is 25.5 Å². The number of hydrogen-bond acceptors (Lipinski definition) is 3. The number of amides is 1. The van der Waals surface area contributed by atoms with Crippen LogP contribution in [0.25, 0.3) is 0 Å². The van der Waals surface area contributed by atoms with Gasteiger partial charge in [-0.15, -0.1) is 0 Å². The summed E-state index contributed by atoms with van der Waals surface area (Å²) >= 11 is 0. The van der Waals surface area contributed by atoms with Crippen molar-refractivity contribution in [2.45, 2.75) is 32.1 Å². The maximum absolute atomic E-state index is 12.3. The van der Waals surface area contributed by atoms with Crippen molar-refractivity contribution in [3.63, 3.8) is 0 Å². The van der Waals surface area contributed by atoms with Crippen molar-refractivity contribution in [1.29, 1.82) is 0 Å². The van der Waals surface area contributed by atoms with Crippen LogP contribution in [0, 0.1) is 0 Å². The first-order valence-corrected chi connectivity index (χ1v) is 6.65. The molecule has 94 valence electrons. The van der Waals surface area contributed by atoms with Crippen LogP contribution in [0.2, 0.25) is 0 Å². The van der Waals surface area contributed by atoms with Crippen molar-refractivity contribution in [2.75, 3.05) is 13.1 Å². The van der Waals surface area contributed by atoms with Crippen LogP contribution < -0.4 is 0 Å². The van der Waals surface area contributed by atoms with Crippen LogP contribution in [-0.4, -0.2) is 35.1 Å². The van der Waals surface area contributed by atoms with Gasteiger partial charge in [0.2, 0.25) is 0 Å². The fourth-order valence-electron chi connectivity index (χ4n) is 2.57. The lowest BCUT2D eigenvalue weighted by Crippen LogP contribution is -2.35. The summed E-state index contributed by atoms with van der Waals surface area (Å²) in [6, 6.07) is 1.97. The second-order valence-corrected chi connectivity index (χ2v) is 4.91. The average molecular weight is 243 g/mol. The summed E-state index contributed by atoms with van der Waals surface area (Å²) in [6.07, 6.45) is 8.91. The third kappa shape index (κ3) is 2.15. The van der Waals surface area contributed by atoms with E-state index in [0.29, 0.717) is 5.56 Å². The molecule has 0 atom stereocenters. The quantitative estimate of drug-likeness (QED) is 0.760. The number of pyridine rings is 1. The van der Waals surface area contributed by atoms with E-state index in [0.717, 1.165) is 50.2 Å². The van der Waals surface area contributed by atoms with Gasteiger partial charge in [0.15, 0.2) is 5.82 Å². The molecule has 1 aromatic rings. The second kappa shape index (κ2) is 4.88. The van der Waals surface area contributed by atoms with Gasteiger partial charge in [-0.25, -0.2) is 9.98 Å². The highest BCUT2D eigenvalue weighted by Gasteiger charge is 2.19. The second-order valence-electron chi connectivity index (χ2n) is 4.91. The molecule has 1 amide bonds. The van der Waals surface area contributed by atoms with Crippen molar-refractivity contribution >= 4 is 17.9 Å². The lowest BCUT2D eigenvalue weighted by atomic mass is 10.1. The number of rotatable bonds is 1. The summed E-state index contributed by atoms with van der Waals surface area (Å²) in [5, 5.41) is 0. The van der Waals surface area contributed by atoms with Gasteiger partial charge in [0.05, 0.1) is 5.56 Å². The van der Waals surface area contributed by atoms with Crippen molar-refractivity contribution < 1.29 is 4.79 Å². The van der Waals surface area contributed by atoms with E-state index in [-0.39, 0.29) is 5.91 Å². The molecule has 1 aromatic heterocycles. The molecule has 3 rings (SSSR count). The summed E-state index contributed by atoms with van der Waals surface area (Å²) in [5.74, 6) is 0.899. The zero-order valence-electron chi connectivity index (χ0n) is 10.4. The molecule has 0 saturated carbocycles. The lowest BCUT2D eigenvalue weighted by Gasteiger charge is -2.26. The number of aliphatic imine (C=N–C) groups is 1. The van der Waals surface area contributed by atoms with Gasteiger partial charge in [0.1, 0.15) is 0 Å². The van der Waals surface area contributed by atoms with Crippen LogP contribution in [0.15, 0.2) is 17.3 Å². The predicted octanol–water partition coefficient (Wildman–Crippen LogP) is 2.36. The topological polar surface area (TPSA) is 45.6 Å². The maximum atomic E-state index is 12.3. The summed E-state index contributed by atoms with van der Waals surface area (Å²) < 4.78 is 0. The van der Waals surface area contributed by atoms with E-state index in [1.807, 2.05) is 17.2 Å². The van der Waals surface area contributed by atoms with Gasteiger partial charge in [0.25, 0.3) is 5.91 Å². The van der Waals surface area contributed by atoms with Gasteiger partial charge in [-0.1, -0.05) is 0 Å². The van der Waals surface area contributed by atoms with Gasteiger partial charge in [-0.2, -0.15) is 0 Å². The van der Waals surface area contributed by atoms with Crippen LogP contribution in [0.3, 0.4) is 0 Å². The van der Waals surface area contributed by atoms with Crippen molar-refractivity contribution in [3.05, 3.63) is 23.4 Å². The van der Waals surface area contributed by atoms with E-state index >= 15 is 0 Å². The van der Waals surface area contributed by atoms with Crippen LogP contribution in [0.1, 0.15) is 41.6 Å². The Labute approximate surface area is 107 Å². The van der Waals surface area contributed by atoms with E-state index < -0.39 is 0 Å². The minimum absolute atomic E-state index is 0.125. The van der Waals surface area contributed by atoms with Gasteiger partial charge < -0.3 is 4.90 Å². The molecule has 3 heterocycles. The van der Waals surface area contributed by atoms with Gasteiger partial charge >= 0.3 is 0 Å². The highest BCUT2D eigenvalue weighted by atomic mass is 16.2. The molecule has 0 N–H and O–H groups in total. The van der Waals surface area contributed by atoms with Crippen LogP contribution in [0.5, 0.6) is 0 Å². The smallest absolute Gasteiger partial charge is 0.255 e. The minimum atomic E-state index is 0.125.